The Morgan fingerprint density at radius 1 is 0.429 bits per heavy atom. The van der Waals surface area contributed by atoms with Crippen LogP contribution >= 0.6 is 0 Å². The summed E-state index contributed by atoms with van der Waals surface area (Å²) in [6, 6.07) is 28.1. The molecule has 0 radical (unpaired) electrons. The van der Waals surface area contributed by atoms with Crippen LogP contribution in [0.5, 0.6) is 0 Å². The second-order valence-corrected chi connectivity index (χ2v) is 30.4. The first-order valence-corrected chi connectivity index (χ1v) is 28.7. The van der Waals surface area contributed by atoms with Gasteiger partial charge in [-0.05, 0) is 150 Å². The van der Waals surface area contributed by atoms with Crippen molar-refractivity contribution in [2.24, 2.45) is 5.41 Å². The molecule has 0 N–H and O–H groups in total. The van der Waals surface area contributed by atoms with Gasteiger partial charge in [-0.25, -0.2) is 0 Å². The van der Waals surface area contributed by atoms with E-state index in [9.17, 15) is 0 Å². The lowest BCUT2D eigenvalue weighted by atomic mass is 9.82. The Morgan fingerprint density at radius 3 is 1.00 bits per heavy atom. The van der Waals surface area contributed by atoms with Crippen LogP contribution in [0.25, 0.3) is 0 Å². The van der Waals surface area contributed by atoms with Crippen LogP contribution < -0.4 is 20.7 Å². The third-order valence-electron chi connectivity index (χ3n) is 14.1. The molecule has 0 amide bonds. The van der Waals surface area contributed by atoms with E-state index in [0.29, 0.717) is 53.3 Å². The summed E-state index contributed by atoms with van der Waals surface area (Å²) in [4.78, 5) is 1.82. The van der Waals surface area contributed by atoms with E-state index >= 15 is 0 Å². The van der Waals surface area contributed by atoms with Gasteiger partial charge in [-0.1, -0.05) is 212 Å². The van der Waals surface area contributed by atoms with Crippen LogP contribution in [0.2, 0.25) is 0 Å². The molecule has 1 aliphatic heterocycles. The molecule has 1 fully saturated rings. The van der Waals surface area contributed by atoms with Crippen molar-refractivity contribution in [3.05, 3.63) is 117 Å². The van der Waals surface area contributed by atoms with Gasteiger partial charge in [-0.3, -0.25) is 0 Å². The molecule has 0 saturated carbocycles. The van der Waals surface area contributed by atoms with Crippen LogP contribution in [0.4, 0.5) is 0 Å². The van der Waals surface area contributed by atoms with E-state index in [1.165, 1.54) is 16.7 Å². The summed E-state index contributed by atoms with van der Waals surface area (Å²) < 4.78 is 3.21. The fourth-order valence-electron chi connectivity index (χ4n) is 11.2. The summed E-state index contributed by atoms with van der Waals surface area (Å²) in [7, 11) is -4.58. The molecular formula is C60H91NSi2. The van der Waals surface area contributed by atoms with Gasteiger partial charge in [0.1, 0.15) is 8.41 Å². The van der Waals surface area contributed by atoms with Crippen LogP contribution in [0.1, 0.15) is 269 Å². The van der Waals surface area contributed by atoms with Crippen molar-refractivity contribution >= 4 is 42.3 Å². The summed E-state index contributed by atoms with van der Waals surface area (Å²) in [5, 5.41) is 6.67. The summed E-state index contributed by atoms with van der Waals surface area (Å²) in [6.45, 7) is 56.9. The van der Waals surface area contributed by atoms with Crippen molar-refractivity contribution in [1.29, 1.82) is 0 Å². The van der Waals surface area contributed by atoms with E-state index in [0.717, 1.165) is 6.42 Å². The Balaban J connectivity index is 2.33. The van der Waals surface area contributed by atoms with Crippen LogP contribution in [-0.2, 0) is 0 Å². The van der Waals surface area contributed by atoms with E-state index in [2.05, 4.69) is 231 Å². The van der Waals surface area contributed by atoms with Gasteiger partial charge >= 0.3 is 0 Å². The third-order valence-corrected chi connectivity index (χ3v) is 23.7. The van der Waals surface area contributed by atoms with E-state index in [1.807, 2.05) is 4.92 Å². The summed E-state index contributed by atoms with van der Waals surface area (Å²) >= 11 is 0. The van der Waals surface area contributed by atoms with Crippen molar-refractivity contribution in [3.8, 4) is 0 Å². The highest BCUT2D eigenvalue weighted by Crippen LogP contribution is 2.47. The first-order chi connectivity index (χ1) is 29.1. The molecule has 0 aromatic heterocycles. The lowest BCUT2D eigenvalue weighted by Gasteiger charge is -2.38. The molecule has 4 aromatic rings. The second kappa shape index (κ2) is 19.1. The average Bonchev–Trinajstić information content (AvgIpc) is 3.87. The number of nitrogens with zero attached hydrogens (tertiary/aromatic N) is 1. The Morgan fingerprint density at radius 2 is 0.730 bits per heavy atom. The number of hydrogen-bond acceptors (Lipinski definition) is 1. The van der Waals surface area contributed by atoms with Gasteiger partial charge in [0.15, 0.2) is 0 Å². The van der Waals surface area contributed by atoms with Crippen LogP contribution in [-0.4, -0.2) is 31.7 Å². The smallest absolute Gasteiger partial charge is 0.264 e. The highest BCUT2D eigenvalue weighted by atomic mass is 28.4. The lowest BCUT2D eigenvalue weighted by molar-refractivity contribution is 0.221. The van der Waals surface area contributed by atoms with Gasteiger partial charge in [-0.15, -0.1) is 0 Å². The predicted octanol–water partition coefficient (Wildman–Crippen LogP) is 14.9. The van der Waals surface area contributed by atoms with Gasteiger partial charge in [0.05, 0.1) is 0 Å². The topological polar surface area (TPSA) is 3.01 Å². The molecule has 1 unspecified atom stereocenters. The minimum Gasteiger partial charge on any atom is -0.389 e. The van der Waals surface area contributed by atoms with Gasteiger partial charge in [0.25, 0.3) is 8.24 Å². The van der Waals surface area contributed by atoms with Crippen molar-refractivity contribution in [3.63, 3.8) is 0 Å². The maximum absolute atomic E-state index is 3.21. The van der Waals surface area contributed by atoms with Gasteiger partial charge in [-0.2, -0.15) is 0 Å². The Hall–Kier alpha value is -3.02. The van der Waals surface area contributed by atoms with Crippen LogP contribution in [0, 0.1) is 5.41 Å². The average molecular weight is 883 g/mol. The first kappa shape index (κ1) is 51.0. The first-order valence-electron chi connectivity index (χ1n) is 25.2. The molecular weight excluding hydrogens is 791 g/mol. The van der Waals surface area contributed by atoms with Crippen LogP contribution in [0.15, 0.2) is 66.7 Å². The fraction of sp³-hybridized carbons (Fsp3) is 0.583. The highest BCUT2D eigenvalue weighted by molar-refractivity contribution is 7.43. The Labute approximate surface area is 391 Å². The summed E-state index contributed by atoms with van der Waals surface area (Å²) in [5.41, 5.74) is 14.0. The molecule has 1 nitrogen and oxygen atoms in total. The van der Waals surface area contributed by atoms with Crippen molar-refractivity contribution in [1.82, 2.24) is 4.57 Å². The molecule has 5 rings (SSSR count). The largest absolute Gasteiger partial charge is 0.389 e. The summed E-state index contributed by atoms with van der Waals surface area (Å²) in [6.07, 6.45) is 1.11. The maximum Gasteiger partial charge on any atom is 0.264 e. The van der Waals surface area contributed by atoms with E-state index in [4.69, 9.17) is 0 Å². The quantitative estimate of drug-likeness (QED) is 0.0849. The van der Waals surface area contributed by atoms with Crippen molar-refractivity contribution in [2.75, 3.05) is 0 Å². The van der Waals surface area contributed by atoms with E-state index < -0.39 is 16.6 Å². The molecule has 1 atom stereocenters. The Bertz CT molecular complexity index is 2110. The standard InChI is InChI=1S/C60H91NSi2/c1-36(2)45-29-49(39(7)8)55(50(30-45)40(9)10)62(56-51(41(11)12)31-46(37(3)4)32-52(56)42(13)14)58-61(60(22,23)35-59(19,20)21)63(58,48-27-25-24-26-28-48)57-53(43(15)16)33-47(38(5)6)34-54(57)44(17)18/h24-34,36-44H,35H2,1-23H3. The minimum absolute atomic E-state index is 0.105. The van der Waals surface area contributed by atoms with Crippen molar-refractivity contribution < 1.29 is 0 Å². The lowest BCUT2D eigenvalue weighted by Crippen LogP contribution is -2.59. The normalized spacial score (nSPS) is 16.3. The molecule has 3 heteroatoms. The molecule has 4 aromatic carbocycles. The maximum atomic E-state index is 3.21. The molecule has 63 heavy (non-hydrogen) atoms. The number of hydrogen-bond donors (Lipinski definition) is 0. The molecule has 0 spiro atoms. The number of rotatable bonds is 15. The molecule has 1 saturated heterocycles. The molecule has 0 bridgehead atoms. The number of benzene rings is 4. The van der Waals surface area contributed by atoms with Crippen molar-refractivity contribution in [2.45, 2.75) is 224 Å². The van der Waals surface area contributed by atoms with Crippen LogP contribution in [0.3, 0.4) is 0 Å². The van der Waals surface area contributed by atoms with Gasteiger partial charge in [0.2, 0.25) is 0 Å². The van der Waals surface area contributed by atoms with Gasteiger partial charge < -0.3 is 4.57 Å². The fourth-order valence-corrected chi connectivity index (χ4v) is 24.7. The monoisotopic (exact) mass is 882 g/mol. The van der Waals surface area contributed by atoms with E-state index in [1.54, 1.807) is 54.1 Å². The summed E-state index contributed by atoms with van der Waals surface area (Å²) in [5.74, 6) is 3.72. The SMILES string of the molecule is CC(C)c1cc(C(C)C)c([Si](=C2N(C(C)(C)CC(C)(C)C)[Si]2(c2ccccc2)c2c(C(C)C)cc(C(C)C)cc2C(C)C)c2c(C(C)C)cc(C(C)C)cc2C(C)C)c(C(C)C)c1. The molecule has 1 heterocycles. The third kappa shape index (κ3) is 9.92. The predicted molar refractivity (Wildman–Crippen MR) is 288 cm³/mol. The second-order valence-electron chi connectivity index (χ2n) is 24.3. The molecule has 344 valence electrons. The zero-order valence-electron chi connectivity index (χ0n) is 44.7. The molecule has 1 aliphatic rings. The minimum atomic E-state index is -2.91. The highest BCUT2D eigenvalue weighted by Gasteiger charge is 2.70. The molecule has 0 aliphatic carbocycles. The Kier molecular flexibility index (Phi) is 15.4. The zero-order chi connectivity index (χ0) is 47.4. The zero-order valence-corrected chi connectivity index (χ0v) is 46.7. The van der Waals surface area contributed by atoms with Gasteiger partial charge in [0, 0.05) is 10.5 Å². The van der Waals surface area contributed by atoms with E-state index in [-0.39, 0.29) is 11.0 Å².